The maximum absolute atomic E-state index is 12.6. The topological polar surface area (TPSA) is 125 Å². The number of piperazine rings is 1. The fraction of sp³-hybridized carbons (Fsp3) is 0.600. The second-order valence-electron chi connectivity index (χ2n) is 9.75. The molecule has 0 amide bonds. The van der Waals surface area contributed by atoms with Crippen molar-refractivity contribution in [1.82, 2.24) is 25.2 Å². The summed E-state index contributed by atoms with van der Waals surface area (Å²) in [6, 6.07) is 4.01. The zero-order chi connectivity index (χ0) is 27.8. The van der Waals surface area contributed by atoms with Crippen molar-refractivity contribution in [3.63, 3.8) is 0 Å². The summed E-state index contributed by atoms with van der Waals surface area (Å²) in [5.41, 5.74) is 2.49. The van der Waals surface area contributed by atoms with Crippen molar-refractivity contribution in [3.05, 3.63) is 29.6 Å². The number of nitrogens with one attached hydrogen (secondary N) is 3. The molecule has 2 aromatic rings. The lowest BCUT2D eigenvalue weighted by atomic mass is 10.1. The molecule has 0 saturated carbocycles. The second kappa shape index (κ2) is 13.3. The van der Waals surface area contributed by atoms with Crippen molar-refractivity contribution >= 4 is 29.0 Å². The van der Waals surface area contributed by atoms with E-state index in [1.54, 1.807) is 6.20 Å². The molecule has 0 aliphatic carbocycles. The fourth-order valence-corrected chi connectivity index (χ4v) is 4.43. The molecule has 0 radical (unpaired) electrons. The second-order valence-corrected chi connectivity index (χ2v) is 9.75. The minimum Gasteiger partial charge on any atom is -0.379 e. The summed E-state index contributed by atoms with van der Waals surface area (Å²) in [7, 11) is 0. The van der Waals surface area contributed by atoms with Crippen LogP contribution in [0.25, 0.3) is 0 Å². The van der Waals surface area contributed by atoms with Gasteiger partial charge in [-0.05, 0) is 31.5 Å². The highest BCUT2D eigenvalue weighted by Gasteiger charge is 2.29. The van der Waals surface area contributed by atoms with Crippen molar-refractivity contribution in [3.8, 4) is 0 Å². The SMILES string of the molecule is Cc1ccnc(Nc2nc(N3CCNC(C)C3)nc(C(=[NH2+])CN3CCOCC3)c2NCCOCC(F)(F)F)c1. The molecule has 2 aliphatic heterocycles. The van der Waals surface area contributed by atoms with Gasteiger partial charge in [-0.15, -0.1) is 0 Å². The lowest BCUT2D eigenvalue weighted by Gasteiger charge is -2.32. The molecule has 214 valence electrons. The molecule has 4 heterocycles. The molecule has 14 heteroatoms. The number of anilines is 4. The minimum atomic E-state index is -4.39. The van der Waals surface area contributed by atoms with E-state index in [9.17, 15) is 13.2 Å². The number of pyridine rings is 1. The number of aryl methyl sites for hydroxylation is 1. The Morgan fingerprint density at radius 2 is 2.05 bits per heavy atom. The summed E-state index contributed by atoms with van der Waals surface area (Å²) in [4.78, 5) is 18.4. The number of aromatic nitrogens is 3. The van der Waals surface area contributed by atoms with E-state index in [2.05, 4.69) is 37.7 Å². The van der Waals surface area contributed by atoms with Crippen LogP contribution in [0.2, 0.25) is 0 Å². The van der Waals surface area contributed by atoms with Gasteiger partial charge >= 0.3 is 6.18 Å². The van der Waals surface area contributed by atoms with E-state index in [4.69, 9.17) is 24.9 Å². The Morgan fingerprint density at radius 1 is 1.26 bits per heavy atom. The van der Waals surface area contributed by atoms with Crippen LogP contribution >= 0.6 is 0 Å². The first-order valence-electron chi connectivity index (χ1n) is 13.1. The van der Waals surface area contributed by atoms with Crippen LogP contribution in [0.1, 0.15) is 18.2 Å². The summed E-state index contributed by atoms with van der Waals surface area (Å²) in [6.07, 6.45) is -2.70. The highest BCUT2D eigenvalue weighted by Crippen LogP contribution is 2.29. The lowest BCUT2D eigenvalue weighted by molar-refractivity contribution is -0.172. The van der Waals surface area contributed by atoms with Gasteiger partial charge in [-0.1, -0.05) is 0 Å². The fourth-order valence-electron chi connectivity index (χ4n) is 4.43. The molecule has 0 aromatic carbocycles. The largest absolute Gasteiger partial charge is 0.411 e. The number of halogens is 3. The van der Waals surface area contributed by atoms with Crippen LogP contribution in [-0.2, 0) is 9.47 Å². The monoisotopic (exact) mass is 552 g/mol. The van der Waals surface area contributed by atoms with Crippen LogP contribution in [-0.4, -0.2) is 110 Å². The average molecular weight is 553 g/mol. The van der Waals surface area contributed by atoms with Gasteiger partial charge in [0.1, 0.15) is 18.1 Å². The van der Waals surface area contributed by atoms with E-state index in [0.29, 0.717) is 67.5 Å². The molecule has 11 nitrogen and oxygen atoms in total. The molecule has 0 spiro atoms. The van der Waals surface area contributed by atoms with Crippen LogP contribution in [0.4, 0.5) is 36.4 Å². The highest BCUT2D eigenvalue weighted by molar-refractivity contribution is 6.03. The van der Waals surface area contributed by atoms with E-state index >= 15 is 0 Å². The Labute approximate surface area is 226 Å². The van der Waals surface area contributed by atoms with Crippen molar-refractivity contribution in [1.29, 1.82) is 0 Å². The van der Waals surface area contributed by atoms with Crippen LogP contribution in [0, 0.1) is 6.92 Å². The third kappa shape index (κ3) is 8.71. The first-order chi connectivity index (χ1) is 18.7. The van der Waals surface area contributed by atoms with Gasteiger partial charge in [0, 0.05) is 51.5 Å². The summed E-state index contributed by atoms with van der Waals surface area (Å²) in [5.74, 6) is 1.51. The molecular formula is C25H37F3N9O2+. The summed E-state index contributed by atoms with van der Waals surface area (Å²) < 4.78 is 48.0. The predicted molar refractivity (Wildman–Crippen MR) is 143 cm³/mol. The molecular weight excluding hydrogens is 515 g/mol. The van der Waals surface area contributed by atoms with Crippen LogP contribution in [0.5, 0.6) is 0 Å². The van der Waals surface area contributed by atoms with Crippen LogP contribution in [0.15, 0.2) is 18.3 Å². The Kier molecular flexibility index (Phi) is 9.88. The molecule has 1 atom stereocenters. The van der Waals surface area contributed by atoms with Gasteiger partial charge in [-0.2, -0.15) is 18.2 Å². The summed E-state index contributed by atoms with van der Waals surface area (Å²) in [5, 5.41) is 16.5. The van der Waals surface area contributed by atoms with Gasteiger partial charge in [0.05, 0.1) is 26.4 Å². The molecule has 2 saturated heterocycles. The third-order valence-electron chi connectivity index (χ3n) is 6.33. The Bertz CT molecular complexity index is 1110. The first-order valence-corrected chi connectivity index (χ1v) is 13.1. The van der Waals surface area contributed by atoms with Gasteiger partial charge in [-0.3, -0.25) is 10.3 Å². The molecule has 5 N–H and O–H groups in total. The Morgan fingerprint density at radius 3 is 2.77 bits per heavy atom. The lowest BCUT2D eigenvalue weighted by Crippen LogP contribution is -2.51. The number of rotatable bonds is 11. The first kappa shape index (κ1) is 28.9. The minimum absolute atomic E-state index is 0.0945. The quantitative estimate of drug-likeness (QED) is 0.233. The molecule has 1 unspecified atom stereocenters. The van der Waals surface area contributed by atoms with E-state index in [0.717, 1.165) is 25.2 Å². The molecule has 2 aliphatic rings. The van der Waals surface area contributed by atoms with Gasteiger partial charge in [0.15, 0.2) is 11.5 Å². The smallest absolute Gasteiger partial charge is 0.379 e. The maximum Gasteiger partial charge on any atom is 0.411 e. The van der Waals surface area contributed by atoms with E-state index in [-0.39, 0.29) is 19.2 Å². The van der Waals surface area contributed by atoms with E-state index in [1.165, 1.54) is 0 Å². The average Bonchev–Trinajstić information content (AvgIpc) is 2.89. The molecule has 2 aromatic heterocycles. The Balaban J connectivity index is 1.67. The number of nitrogens with two attached hydrogens (primary N) is 1. The van der Waals surface area contributed by atoms with Crippen LogP contribution < -0.4 is 26.3 Å². The number of morpholine rings is 1. The Hall–Kier alpha value is -3.07. The van der Waals surface area contributed by atoms with Crippen molar-refractivity contribution < 1.29 is 28.1 Å². The van der Waals surface area contributed by atoms with Crippen molar-refractivity contribution in [2.75, 3.05) is 87.8 Å². The van der Waals surface area contributed by atoms with E-state index < -0.39 is 12.8 Å². The number of alkyl halides is 3. The zero-order valence-corrected chi connectivity index (χ0v) is 22.4. The van der Waals surface area contributed by atoms with Gasteiger partial charge < -0.3 is 30.3 Å². The third-order valence-corrected chi connectivity index (χ3v) is 6.33. The predicted octanol–water partition coefficient (Wildman–Crippen LogP) is 0.593. The number of hydrogen-bond donors (Lipinski definition) is 4. The number of ether oxygens (including phenoxy) is 2. The molecule has 39 heavy (non-hydrogen) atoms. The standard InChI is InChI=1S/C25H36F3N9O2/c1-17-3-4-31-20(13-17)33-23-22(32-6-10-39-16-25(26,27)28)21(19(29)15-36-8-11-38-12-9-36)34-24(35-23)37-7-5-30-18(2)14-37/h3-4,13,18,29-30,32H,5-12,14-16H2,1-2H3,(H,31,33,34,35)/p+1. The van der Waals surface area contributed by atoms with Crippen molar-refractivity contribution in [2.24, 2.45) is 0 Å². The summed E-state index contributed by atoms with van der Waals surface area (Å²) in [6.45, 7) is 8.04. The number of nitrogens with zero attached hydrogens (tertiary/aromatic N) is 5. The van der Waals surface area contributed by atoms with E-state index in [1.807, 2.05) is 19.1 Å². The normalized spacial score (nSPS) is 18.7. The molecule has 4 rings (SSSR count). The maximum atomic E-state index is 12.6. The zero-order valence-electron chi connectivity index (χ0n) is 22.4. The number of hydrogen-bond acceptors (Lipinski definition) is 10. The highest BCUT2D eigenvalue weighted by atomic mass is 19.4. The van der Waals surface area contributed by atoms with Crippen LogP contribution in [0.3, 0.4) is 0 Å². The molecule has 0 bridgehead atoms. The summed E-state index contributed by atoms with van der Waals surface area (Å²) >= 11 is 0. The van der Waals surface area contributed by atoms with Crippen molar-refractivity contribution in [2.45, 2.75) is 26.1 Å². The van der Waals surface area contributed by atoms with Gasteiger partial charge in [0.2, 0.25) is 11.7 Å². The molecule has 2 fully saturated rings. The van der Waals surface area contributed by atoms with Gasteiger partial charge in [-0.25, -0.2) is 9.97 Å². The van der Waals surface area contributed by atoms with Gasteiger partial charge in [0.25, 0.3) is 0 Å².